The van der Waals surface area contributed by atoms with Gasteiger partial charge in [-0.15, -0.1) is 11.8 Å². The standard InChI is InChI=1S/C14H15NOS/c1-14(9-16)7-8-17-13-12(14)10-5-3-4-6-11(10)15(13)2/h3-6,9H,7-8H2,1-2H3. The van der Waals surface area contributed by atoms with E-state index in [0.717, 1.165) is 18.5 Å². The highest BCUT2D eigenvalue weighted by Gasteiger charge is 2.36. The summed E-state index contributed by atoms with van der Waals surface area (Å²) in [6.07, 6.45) is 2.06. The molecule has 1 aromatic carbocycles. The number of hydrogen-bond donors (Lipinski definition) is 0. The second-order valence-electron chi connectivity index (χ2n) is 4.89. The van der Waals surface area contributed by atoms with Crippen LogP contribution >= 0.6 is 11.8 Å². The lowest BCUT2D eigenvalue weighted by Crippen LogP contribution is -2.28. The number of para-hydroxylation sites is 1. The highest BCUT2D eigenvalue weighted by Crippen LogP contribution is 2.45. The average molecular weight is 245 g/mol. The number of carbonyl (C=O) groups is 1. The van der Waals surface area contributed by atoms with Crippen LogP contribution in [0.25, 0.3) is 10.9 Å². The highest BCUT2D eigenvalue weighted by atomic mass is 32.2. The van der Waals surface area contributed by atoms with Gasteiger partial charge in [-0.2, -0.15) is 0 Å². The lowest BCUT2D eigenvalue weighted by molar-refractivity contribution is -0.112. The summed E-state index contributed by atoms with van der Waals surface area (Å²) in [5, 5.41) is 2.49. The Balaban J connectivity index is 2.43. The molecule has 1 unspecified atom stereocenters. The van der Waals surface area contributed by atoms with Crippen molar-refractivity contribution in [1.29, 1.82) is 0 Å². The SMILES string of the molecule is Cn1c2c(c3ccccc31)C(C)(C=O)CCS2. The first-order valence-electron chi connectivity index (χ1n) is 5.84. The van der Waals surface area contributed by atoms with Gasteiger partial charge in [0.1, 0.15) is 6.29 Å². The van der Waals surface area contributed by atoms with Gasteiger partial charge in [0, 0.05) is 29.3 Å². The number of aldehydes is 1. The van der Waals surface area contributed by atoms with E-state index in [4.69, 9.17) is 0 Å². The van der Waals surface area contributed by atoms with Crippen LogP contribution < -0.4 is 0 Å². The maximum atomic E-state index is 11.5. The third-order valence-corrected chi connectivity index (χ3v) is 4.90. The molecule has 0 saturated carbocycles. The van der Waals surface area contributed by atoms with Crippen LogP contribution in [0.3, 0.4) is 0 Å². The van der Waals surface area contributed by atoms with Crippen molar-refractivity contribution in [1.82, 2.24) is 4.57 Å². The number of hydrogen-bond acceptors (Lipinski definition) is 2. The molecule has 2 heterocycles. The normalized spacial score (nSPS) is 23.6. The van der Waals surface area contributed by atoms with Gasteiger partial charge in [-0.05, 0) is 19.4 Å². The van der Waals surface area contributed by atoms with Gasteiger partial charge in [0.15, 0.2) is 0 Å². The number of fused-ring (bicyclic) bond motifs is 3. The lowest BCUT2D eigenvalue weighted by atomic mass is 9.81. The Morgan fingerprint density at radius 3 is 2.94 bits per heavy atom. The van der Waals surface area contributed by atoms with E-state index < -0.39 is 0 Å². The number of nitrogens with zero attached hydrogens (tertiary/aromatic N) is 1. The minimum Gasteiger partial charge on any atom is -0.339 e. The van der Waals surface area contributed by atoms with E-state index >= 15 is 0 Å². The van der Waals surface area contributed by atoms with Gasteiger partial charge in [0.05, 0.1) is 10.4 Å². The molecule has 0 aliphatic carbocycles. The summed E-state index contributed by atoms with van der Waals surface area (Å²) in [6.45, 7) is 2.06. The van der Waals surface area contributed by atoms with Crippen LogP contribution in [0.2, 0.25) is 0 Å². The van der Waals surface area contributed by atoms with Crippen molar-refractivity contribution >= 4 is 29.0 Å². The number of benzene rings is 1. The molecule has 3 rings (SSSR count). The first kappa shape index (κ1) is 10.9. The summed E-state index contributed by atoms with van der Waals surface area (Å²) >= 11 is 1.86. The first-order chi connectivity index (χ1) is 8.17. The second kappa shape index (κ2) is 3.64. The Labute approximate surface area is 105 Å². The van der Waals surface area contributed by atoms with Gasteiger partial charge in [-0.3, -0.25) is 0 Å². The molecular weight excluding hydrogens is 230 g/mol. The van der Waals surface area contributed by atoms with Gasteiger partial charge in [0.2, 0.25) is 0 Å². The largest absolute Gasteiger partial charge is 0.339 e. The van der Waals surface area contributed by atoms with Gasteiger partial charge >= 0.3 is 0 Å². The molecule has 1 aromatic heterocycles. The third-order valence-electron chi connectivity index (χ3n) is 3.74. The minimum absolute atomic E-state index is 0.318. The fourth-order valence-corrected chi connectivity index (χ4v) is 4.19. The van der Waals surface area contributed by atoms with Crippen LogP contribution in [-0.4, -0.2) is 16.6 Å². The van der Waals surface area contributed by atoms with Gasteiger partial charge in [0.25, 0.3) is 0 Å². The molecule has 88 valence electrons. The van der Waals surface area contributed by atoms with E-state index in [1.165, 1.54) is 21.5 Å². The quantitative estimate of drug-likeness (QED) is 0.720. The number of carbonyl (C=O) groups excluding carboxylic acids is 1. The summed E-state index contributed by atoms with van der Waals surface area (Å²) in [5.41, 5.74) is 2.13. The number of aromatic nitrogens is 1. The zero-order valence-corrected chi connectivity index (χ0v) is 10.9. The monoisotopic (exact) mass is 245 g/mol. The van der Waals surface area contributed by atoms with Crippen molar-refractivity contribution in [2.75, 3.05) is 5.75 Å². The predicted octanol–water partition coefficient (Wildman–Crippen LogP) is 3.13. The van der Waals surface area contributed by atoms with Crippen LogP contribution in [0.15, 0.2) is 29.3 Å². The molecule has 0 bridgehead atoms. The number of rotatable bonds is 1. The Morgan fingerprint density at radius 1 is 1.41 bits per heavy atom. The second-order valence-corrected chi connectivity index (χ2v) is 5.97. The molecule has 3 heteroatoms. The molecule has 1 aliphatic rings. The van der Waals surface area contributed by atoms with E-state index in [1.54, 1.807) is 0 Å². The topological polar surface area (TPSA) is 22.0 Å². The van der Waals surface area contributed by atoms with Crippen molar-refractivity contribution in [3.8, 4) is 0 Å². The van der Waals surface area contributed by atoms with Crippen molar-refractivity contribution in [2.45, 2.75) is 23.8 Å². The van der Waals surface area contributed by atoms with E-state index in [2.05, 4.69) is 36.7 Å². The zero-order valence-electron chi connectivity index (χ0n) is 10.1. The maximum Gasteiger partial charge on any atom is 0.130 e. The maximum absolute atomic E-state index is 11.5. The van der Waals surface area contributed by atoms with Crippen LogP contribution in [0, 0.1) is 0 Å². The molecule has 0 spiro atoms. The summed E-state index contributed by atoms with van der Waals surface area (Å²) < 4.78 is 2.22. The first-order valence-corrected chi connectivity index (χ1v) is 6.83. The highest BCUT2D eigenvalue weighted by molar-refractivity contribution is 7.99. The van der Waals surface area contributed by atoms with Crippen molar-refractivity contribution in [3.63, 3.8) is 0 Å². The predicted molar refractivity (Wildman–Crippen MR) is 71.7 cm³/mol. The molecular formula is C14H15NOS. The average Bonchev–Trinajstić information content (AvgIpc) is 2.66. The Kier molecular flexibility index (Phi) is 2.33. The van der Waals surface area contributed by atoms with Gasteiger partial charge in [-0.1, -0.05) is 18.2 Å². The molecule has 0 N–H and O–H groups in total. The van der Waals surface area contributed by atoms with Crippen LogP contribution in [0.5, 0.6) is 0 Å². The van der Waals surface area contributed by atoms with E-state index in [-0.39, 0.29) is 5.41 Å². The van der Waals surface area contributed by atoms with Crippen LogP contribution in [0.4, 0.5) is 0 Å². The van der Waals surface area contributed by atoms with E-state index in [1.807, 2.05) is 17.8 Å². The fraction of sp³-hybridized carbons (Fsp3) is 0.357. The third kappa shape index (κ3) is 1.38. The van der Waals surface area contributed by atoms with Gasteiger partial charge < -0.3 is 9.36 Å². The zero-order chi connectivity index (χ0) is 12.0. The number of thioether (sulfide) groups is 1. The summed E-state index contributed by atoms with van der Waals surface area (Å²) in [5.74, 6) is 1.02. The number of aryl methyl sites for hydroxylation is 1. The molecule has 0 amide bonds. The smallest absolute Gasteiger partial charge is 0.130 e. The lowest BCUT2D eigenvalue weighted by Gasteiger charge is -2.28. The van der Waals surface area contributed by atoms with Crippen LogP contribution in [-0.2, 0) is 17.3 Å². The van der Waals surface area contributed by atoms with Crippen molar-refractivity contribution in [2.24, 2.45) is 7.05 Å². The molecule has 1 atom stereocenters. The Hall–Kier alpha value is -1.22. The molecule has 0 saturated heterocycles. The summed E-state index contributed by atoms with van der Waals surface area (Å²) in [7, 11) is 2.09. The van der Waals surface area contributed by atoms with Gasteiger partial charge in [-0.25, -0.2) is 0 Å². The molecule has 17 heavy (non-hydrogen) atoms. The van der Waals surface area contributed by atoms with Crippen LogP contribution in [0.1, 0.15) is 18.9 Å². The fourth-order valence-electron chi connectivity index (χ4n) is 2.69. The molecule has 0 fully saturated rings. The van der Waals surface area contributed by atoms with Crippen molar-refractivity contribution in [3.05, 3.63) is 29.8 Å². The molecule has 2 aromatic rings. The molecule has 2 nitrogen and oxygen atoms in total. The molecule has 1 aliphatic heterocycles. The summed E-state index contributed by atoms with van der Waals surface area (Å²) in [4.78, 5) is 11.5. The summed E-state index contributed by atoms with van der Waals surface area (Å²) in [6, 6.07) is 8.35. The van der Waals surface area contributed by atoms with Crippen molar-refractivity contribution < 1.29 is 4.79 Å². The van der Waals surface area contributed by atoms with E-state index in [0.29, 0.717) is 0 Å². The minimum atomic E-state index is -0.318. The Bertz CT molecular complexity index is 602. The Morgan fingerprint density at radius 2 is 2.18 bits per heavy atom. The van der Waals surface area contributed by atoms with E-state index in [9.17, 15) is 4.79 Å². The molecule has 0 radical (unpaired) electrons.